The number of nitrogens with zero attached hydrogens (tertiary/aromatic N) is 3. The highest BCUT2D eigenvalue weighted by molar-refractivity contribution is 7.99. The van der Waals surface area contributed by atoms with Gasteiger partial charge in [0, 0.05) is 17.7 Å². The van der Waals surface area contributed by atoms with Gasteiger partial charge in [-0.3, -0.25) is 4.79 Å². The predicted molar refractivity (Wildman–Crippen MR) is 109 cm³/mol. The van der Waals surface area contributed by atoms with Crippen LogP contribution in [0, 0.1) is 6.92 Å². The van der Waals surface area contributed by atoms with Crippen LogP contribution in [0.5, 0.6) is 5.75 Å². The lowest BCUT2D eigenvalue weighted by molar-refractivity contribution is 0.102. The molecule has 2 aromatic carbocycles. The second-order valence-electron chi connectivity index (χ2n) is 6.27. The average molecular weight is 382 g/mol. The molecule has 6 heteroatoms. The fraction of sp³-hybridized carbons (Fsp3) is 0.286. The summed E-state index contributed by atoms with van der Waals surface area (Å²) in [5.74, 6) is 1.88. The third-order valence-electron chi connectivity index (χ3n) is 4.16. The van der Waals surface area contributed by atoms with Crippen LogP contribution in [0.2, 0.25) is 0 Å². The number of ether oxygens (including phenoxy) is 1. The minimum Gasteiger partial charge on any atom is -0.497 e. The van der Waals surface area contributed by atoms with Gasteiger partial charge in [0.15, 0.2) is 16.8 Å². The van der Waals surface area contributed by atoms with Crippen LogP contribution in [0.3, 0.4) is 0 Å². The molecule has 3 aromatic rings. The highest BCUT2D eigenvalue weighted by Gasteiger charge is 2.16. The van der Waals surface area contributed by atoms with Gasteiger partial charge in [-0.15, -0.1) is 10.2 Å². The van der Waals surface area contributed by atoms with Crippen LogP contribution in [0.1, 0.15) is 29.3 Å². The largest absolute Gasteiger partial charge is 0.497 e. The second-order valence-corrected chi connectivity index (χ2v) is 7.21. The first-order chi connectivity index (χ1) is 13.1. The molecule has 0 saturated carbocycles. The number of methoxy groups -OCH3 is 1. The Balaban J connectivity index is 1.79. The van der Waals surface area contributed by atoms with Crippen molar-refractivity contribution in [2.75, 3.05) is 12.9 Å². The molecule has 0 fully saturated rings. The van der Waals surface area contributed by atoms with Gasteiger partial charge in [0.2, 0.25) is 0 Å². The van der Waals surface area contributed by atoms with E-state index >= 15 is 0 Å². The van der Waals surface area contributed by atoms with Crippen LogP contribution in [-0.4, -0.2) is 33.4 Å². The monoisotopic (exact) mass is 381 g/mol. The van der Waals surface area contributed by atoms with E-state index in [0.717, 1.165) is 29.5 Å². The summed E-state index contributed by atoms with van der Waals surface area (Å²) in [5, 5.41) is 9.49. The maximum atomic E-state index is 12.5. The standard InChI is InChI=1S/C21H23N3O2S/c1-4-11-24-20(17-9-5-7-15(2)12-17)22-23-21(24)27-14-19(25)16-8-6-10-18(13-16)26-3/h5-10,12-13H,4,11,14H2,1-3H3. The molecule has 0 unspecified atom stereocenters. The number of ketones is 1. The van der Waals surface area contributed by atoms with E-state index in [9.17, 15) is 4.79 Å². The number of benzene rings is 2. The van der Waals surface area contributed by atoms with E-state index in [0.29, 0.717) is 17.1 Å². The van der Waals surface area contributed by atoms with Crippen molar-refractivity contribution in [2.45, 2.75) is 32.0 Å². The summed E-state index contributed by atoms with van der Waals surface area (Å²) in [7, 11) is 1.60. The van der Waals surface area contributed by atoms with Crippen LogP contribution in [0.25, 0.3) is 11.4 Å². The molecule has 0 radical (unpaired) electrons. The molecule has 0 N–H and O–H groups in total. The van der Waals surface area contributed by atoms with Gasteiger partial charge in [-0.1, -0.05) is 54.6 Å². The Labute approximate surface area is 163 Å². The highest BCUT2D eigenvalue weighted by Crippen LogP contribution is 2.26. The van der Waals surface area contributed by atoms with Gasteiger partial charge in [-0.2, -0.15) is 0 Å². The van der Waals surface area contributed by atoms with Crippen LogP contribution in [-0.2, 0) is 6.54 Å². The molecule has 0 atom stereocenters. The van der Waals surface area contributed by atoms with Crippen molar-refractivity contribution < 1.29 is 9.53 Å². The maximum Gasteiger partial charge on any atom is 0.191 e. The Bertz CT molecular complexity index is 937. The van der Waals surface area contributed by atoms with Crippen LogP contribution in [0.15, 0.2) is 53.7 Å². The quantitative estimate of drug-likeness (QED) is 0.420. The third kappa shape index (κ3) is 4.57. The highest BCUT2D eigenvalue weighted by atomic mass is 32.2. The van der Waals surface area contributed by atoms with Crippen LogP contribution < -0.4 is 4.74 Å². The number of carbonyl (C=O) groups excluding carboxylic acids is 1. The van der Waals surface area contributed by atoms with Gasteiger partial charge in [0.25, 0.3) is 0 Å². The zero-order chi connectivity index (χ0) is 19.2. The molecule has 1 aromatic heterocycles. The third-order valence-corrected chi connectivity index (χ3v) is 5.13. The Morgan fingerprint density at radius 3 is 2.70 bits per heavy atom. The molecule has 1 heterocycles. The van der Waals surface area contributed by atoms with Gasteiger partial charge >= 0.3 is 0 Å². The summed E-state index contributed by atoms with van der Waals surface area (Å²) >= 11 is 1.42. The molecular weight excluding hydrogens is 358 g/mol. The van der Waals surface area contributed by atoms with E-state index in [-0.39, 0.29) is 5.78 Å². The Hall–Kier alpha value is -2.60. The molecule has 0 aliphatic carbocycles. The number of hydrogen-bond acceptors (Lipinski definition) is 5. The Morgan fingerprint density at radius 2 is 1.96 bits per heavy atom. The van der Waals surface area contributed by atoms with Crippen molar-refractivity contribution >= 4 is 17.5 Å². The summed E-state index contributed by atoms with van der Waals surface area (Å²) in [6, 6.07) is 15.5. The van der Waals surface area contributed by atoms with E-state index < -0.39 is 0 Å². The van der Waals surface area contributed by atoms with Gasteiger partial charge < -0.3 is 9.30 Å². The summed E-state index contributed by atoms with van der Waals surface area (Å²) < 4.78 is 7.29. The molecule has 27 heavy (non-hydrogen) atoms. The number of aryl methyl sites for hydroxylation is 1. The lowest BCUT2D eigenvalue weighted by Gasteiger charge is -2.09. The molecule has 3 rings (SSSR count). The molecule has 0 saturated heterocycles. The number of rotatable bonds is 8. The van der Waals surface area contributed by atoms with Gasteiger partial charge in [0.05, 0.1) is 12.9 Å². The molecule has 0 bridgehead atoms. The topological polar surface area (TPSA) is 57.0 Å². The average Bonchev–Trinajstić information content (AvgIpc) is 3.09. The number of Topliss-reactive ketones (excluding diaryl/α,β-unsaturated/α-hetero) is 1. The molecule has 0 aliphatic rings. The molecule has 140 valence electrons. The normalized spacial score (nSPS) is 10.8. The van der Waals surface area contributed by atoms with Crippen LogP contribution >= 0.6 is 11.8 Å². The van der Waals surface area contributed by atoms with Crippen LogP contribution in [0.4, 0.5) is 0 Å². The van der Waals surface area contributed by atoms with Gasteiger partial charge in [0.1, 0.15) is 5.75 Å². The Kier molecular flexibility index (Phi) is 6.29. The Morgan fingerprint density at radius 1 is 1.15 bits per heavy atom. The van der Waals surface area contributed by atoms with E-state index in [1.54, 1.807) is 19.2 Å². The van der Waals surface area contributed by atoms with Gasteiger partial charge in [-0.25, -0.2) is 0 Å². The maximum absolute atomic E-state index is 12.5. The molecule has 5 nitrogen and oxygen atoms in total. The van der Waals surface area contributed by atoms with Crippen molar-refractivity contribution in [1.82, 2.24) is 14.8 Å². The first-order valence-electron chi connectivity index (χ1n) is 8.92. The molecule has 0 spiro atoms. The fourth-order valence-electron chi connectivity index (χ4n) is 2.83. The van der Waals surface area contributed by atoms with E-state index in [4.69, 9.17) is 4.74 Å². The number of aromatic nitrogens is 3. The SMILES string of the molecule is CCCn1c(SCC(=O)c2cccc(OC)c2)nnc1-c1cccc(C)c1. The second kappa shape index (κ2) is 8.86. The zero-order valence-electron chi connectivity index (χ0n) is 15.8. The van der Waals surface area contributed by atoms with Crippen molar-refractivity contribution in [3.63, 3.8) is 0 Å². The summed E-state index contributed by atoms with van der Waals surface area (Å²) in [4.78, 5) is 12.5. The number of thioether (sulfide) groups is 1. The van der Waals surface area contributed by atoms with Crippen molar-refractivity contribution in [2.24, 2.45) is 0 Å². The minimum atomic E-state index is 0.0436. The van der Waals surface area contributed by atoms with Gasteiger partial charge in [-0.05, 0) is 31.5 Å². The van der Waals surface area contributed by atoms with Crippen molar-refractivity contribution in [3.8, 4) is 17.1 Å². The summed E-state index contributed by atoms with van der Waals surface area (Å²) in [6.07, 6.45) is 0.967. The lowest BCUT2D eigenvalue weighted by atomic mass is 10.1. The molecular formula is C21H23N3O2S. The summed E-state index contributed by atoms with van der Waals surface area (Å²) in [6.45, 7) is 4.99. The predicted octanol–water partition coefficient (Wildman–Crippen LogP) is 4.65. The first-order valence-corrected chi connectivity index (χ1v) is 9.91. The fourth-order valence-corrected chi connectivity index (χ4v) is 3.69. The van der Waals surface area contributed by atoms with Crippen molar-refractivity contribution in [3.05, 3.63) is 59.7 Å². The van der Waals surface area contributed by atoms with Crippen molar-refractivity contribution in [1.29, 1.82) is 0 Å². The zero-order valence-corrected chi connectivity index (χ0v) is 16.6. The van der Waals surface area contributed by atoms with E-state index in [1.807, 2.05) is 24.3 Å². The molecule has 0 amide bonds. The molecule has 0 aliphatic heterocycles. The number of hydrogen-bond donors (Lipinski definition) is 0. The summed E-state index contributed by atoms with van der Waals surface area (Å²) in [5.41, 5.74) is 2.87. The first kappa shape index (κ1) is 19.2. The van der Waals surface area contributed by atoms with E-state index in [1.165, 1.54) is 17.3 Å². The van der Waals surface area contributed by atoms with E-state index in [2.05, 4.69) is 40.7 Å². The minimum absolute atomic E-state index is 0.0436. The smallest absolute Gasteiger partial charge is 0.191 e. The lowest BCUT2D eigenvalue weighted by Crippen LogP contribution is -2.06. The number of carbonyl (C=O) groups is 1.